The van der Waals surface area contributed by atoms with Gasteiger partial charge in [0.25, 0.3) is 0 Å². The molecule has 0 unspecified atom stereocenters. The van der Waals surface area contributed by atoms with Crippen LogP contribution in [0.15, 0.2) is 41.7 Å². The Hall–Kier alpha value is -1.99. The fourth-order valence-corrected chi connectivity index (χ4v) is 4.69. The Balaban J connectivity index is 1.76. The van der Waals surface area contributed by atoms with Gasteiger partial charge in [-0.05, 0) is 25.3 Å². The van der Waals surface area contributed by atoms with Crippen LogP contribution in [-0.2, 0) is 22.9 Å². The van der Waals surface area contributed by atoms with E-state index in [0.29, 0.717) is 25.6 Å². The van der Waals surface area contributed by atoms with Crippen LogP contribution in [0.2, 0.25) is 0 Å². The van der Waals surface area contributed by atoms with Crippen molar-refractivity contribution in [3.05, 3.63) is 47.8 Å². The first-order valence-corrected chi connectivity index (χ1v) is 11.7. The van der Waals surface area contributed by atoms with Crippen molar-refractivity contribution in [3.63, 3.8) is 0 Å². The minimum atomic E-state index is -3.38. The maximum absolute atomic E-state index is 12.8. The summed E-state index contributed by atoms with van der Waals surface area (Å²) >= 11 is 0. The number of aromatic nitrogens is 2. The molecule has 152 valence electrons. The van der Waals surface area contributed by atoms with Crippen molar-refractivity contribution in [1.29, 1.82) is 0 Å². The molecular weight excluding hydrogens is 374 g/mol. The van der Waals surface area contributed by atoms with E-state index in [9.17, 15) is 13.2 Å². The minimum absolute atomic E-state index is 0.0213. The molecule has 1 aromatic carbocycles. The molecule has 7 heteroatoms. The SMILES string of the molecule is CC(C)Cn1c(CN2CCC[C@@H](C(=O)c3ccccc3)C2)cnc1S(C)(=O)=O. The lowest BCUT2D eigenvalue weighted by atomic mass is 9.90. The van der Waals surface area contributed by atoms with Crippen LogP contribution in [0.5, 0.6) is 0 Å². The van der Waals surface area contributed by atoms with Crippen LogP contribution in [0.1, 0.15) is 42.7 Å². The molecule has 0 saturated carbocycles. The number of carbonyl (C=O) groups is 1. The van der Waals surface area contributed by atoms with Gasteiger partial charge in [0.05, 0.1) is 11.9 Å². The number of hydrogen-bond donors (Lipinski definition) is 0. The summed E-state index contributed by atoms with van der Waals surface area (Å²) in [6.07, 6.45) is 4.72. The third-order valence-corrected chi connectivity index (χ3v) is 6.09. The van der Waals surface area contributed by atoms with E-state index >= 15 is 0 Å². The molecule has 1 aliphatic rings. The van der Waals surface area contributed by atoms with Crippen molar-refractivity contribution in [2.45, 2.75) is 44.9 Å². The zero-order chi connectivity index (χ0) is 20.3. The summed E-state index contributed by atoms with van der Waals surface area (Å²) < 4.78 is 26.0. The van der Waals surface area contributed by atoms with Gasteiger partial charge in [-0.15, -0.1) is 0 Å². The highest BCUT2D eigenvalue weighted by atomic mass is 32.2. The molecule has 1 aliphatic heterocycles. The minimum Gasteiger partial charge on any atom is -0.317 e. The Bertz CT molecular complexity index is 920. The molecule has 0 bridgehead atoms. The smallest absolute Gasteiger partial charge is 0.227 e. The van der Waals surface area contributed by atoms with Gasteiger partial charge < -0.3 is 4.57 Å². The van der Waals surface area contributed by atoms with E-state index in [1.165, 1.54) is 6.26 Å². The number of sulfone groups is 1. The average Bonchev–Trinajstić information content (AvgIpc) is 3.04. The monoisotopic (exact) mass is 403 g/mol. The summed E-state index contributed by atoms with van der Waals surface area (Å²) in [5, 5.41) is 0.130. The summed E-state index contributed by atoms with van der Waals surface area (Å²) in [7, 11) is -3.38. The highest BCUT2D eigenvalue weighted by molar-refractivity contribution is 7.90. The molecule has 3 rings (SSSR count). The average molecular weight is 404 g/mol. The number of Topliss-reactive ketones (excluding diaryl/α,β-unsaturated/α-hetero) is 1. The van der Waals surface area contributed by atoms with Crippen LogP contribution in [0.4, 0.5) is 0 Å². The second kappa shape index (κ2) is 8.57. The molecule has 6 nitrogen and oxygen atoms in total. The van der Waals surface area contributed by atoms with Gasteiger partial charge >= 0.3 is 0 Å². The lowest BCUT2D eigenvalue weighted by molar-refractivity contribution is 0.0808. The normalized spacial score (nSPS) is 18.5. The van der Waals surface area contributed by atoms with Gasteiger partial charge in [-0.3, -0.25) is 9.69 Å². The standard InChI is InChI=1S/C21H29N3O3S/c1-16(2)13-24-19(12-22-21(24)28(3,26)27)15-23-11-7-10-18(14-23)20(25)17-8-5-4-6-9-17/h4-6,8-9,12,16,18H,7,10-11,13-15H2,1-3H3/t18-/m1/s1. The Morgan fingerprint density at radius 2 is 1.96 bits per heavy atom. The summed E-state index contributed by atoms with van der Waals surface area (Å²) in [4.78, 5) is 19.3. The first-order chi connectivity index (χ1) is 13.3. The predicted octanol–water partition coefficient (Wildman–Crippen LogP) is 3.04. The summed E-state index contributed by atoms with van der Waals surface area (Å²) in [6.45, 7) is 6.93. The van der Waals surface area contributed by atoms with E-state index in [0.717, 1.165) is 30.6 Å². The van der Waals surface area contributed by atoms with Gasteiger partial charge in [-0.1, -0.05) is 44.2 Å². The number of imidazole rings is 1. The van der Waals surface area contributed by atoms with E-state index in [2.05, 4.69) is 23.7 Å². The van der Waals surface area contributed by atoms with Crippen molar-refractivity contribution in [2.75, 3.05) is 19.3 Å². The molecule has 0 aliphatic carbocycles. The second-order valence-corrected chi connectivity index (χ2v) is 10.0. The zero-order valence-electron chi connectivity index (χ0n) is 16.8. The van der Waals surface area contributed by atoms with E-state index in [-0.39, 0.29) is 16.9 Å². The fraction of sp³-hybridized carbons (Fsp3) is 0.524. The first-order valence-electron chi connectivity index (χ1n) is 9.81. The Morgan fingerprint density at radius 1 is 1.25 bits per heavy atom. The van der Waals surface area contributed by atoms with Crippen molar-refractivity contribution in [3.8, 4) is 0 Å². The van der Waals surface area contributed by atoms with Crippen molar-refractivity contribution in [2.24, 2.45) is 11.8 Å². The first kappa shape index (κ1) is 20.7. The van der Waals surface area contributed by atoms with Gasteiger partial charge in [-0.25, -0.2) is 13.4 Å². The zero-order valence-corrected chi connectivity index (χ0v) is 17.7. The van der Waals surface area contributed by atoms with E-state index in [1.807, 2.05) is 34.9 Å². The Morgan fingerprint density at radius 3 is 2.61 bits per heavy atom. The number of nitrogens with zero attached hydrogens (tertiary/aromatic N) is 3. The van der Waals surface area contributed by atoms with E-state index in [4.69, 9.17) is 0 Å². The van der Waals surface area contributed by atoms with Gasteiger partial charge in [0, 0.05) is 37.4 Å². The van der Waals surface area contributed by atoms with E-state index in [1.54, 1.807) is 6.20 Å². The van der Waals surface area contributed by atoms with Crippen LogP contribution in [0.25, 0.3) is 0 Å². The summed E-state index contributed by atoms with van der Waals surface area (Å²) in [6, 6.07) is 9.45. The Labute approximate surface area is 167 Å². The topological polar surface area (TPSA) is 72.3 Å². The third-order valence-electron chi connectivity index (χ3n) is 5.10. The quantitative estimate of drug-likeness (QED) is 0.665. The predicted molar refractivity (Wildman–Crippen MR) is 109 cm³/mol. The summed E-state index contributed by atoms with van der Waals surface area (Å²) in [5.74, 6) is 0.479. The molecule has 1 atom stereocenters. The van der Waals surface area contributed by atoms with Gasteiger partial charge in [0.2, 0.25) is 15.0 Å². The van der Waals surface area contributed by atoms with Gasteiger partial charge in [0.15, 0.2) is 5.78 Å². The van der Waals surface area contributed by atoms with Crippen LogP contribution >= 0.6 is 0 Å². The lowest BCUT2D eigenvalue weighted by Crippen LogP contribution is -2.38. The molecule has 1 fully saturated rings. The molecule has 2 heterocycles. The van der Waals surface area contributed by atoms with Crippen LogP contribution in [0.3, 0.4) is 0 Å². The summed E-state index contributed by atoms with van der Waals surface area (Å²) in [5.41, 5.74) is 1.65. The van der Waals surface area contributed by atoms with Crippen LogP contribution in [0, 0.1) is 11.8 Å². The number of rotatable bonds is 7. The number of piperidine rings is 1. The molecular formula is C21H29N3O3S. The number of likely N-dealkylation sites (tertiary alicyclic amines) is 1. The molecule has 28 heavy (non-hydrogen) atoms. The largest absolute Gasteiger partial charge is 0.317 e. The van der Waals surface area contributed by atoms with Gasteiger partial charge in [-0.2, -0.15) is 0 Å². The Kier molecular flexibility index (Phi) is 6.35. The fourth-order valence-electron chi connectivity index (χ4n) is 3.85. The number of benzene rings is 1. The highest BCUT2D eigenvalue weighted by Gasteiger charge is 2.28. The molecule has 1 aromatic heterocycles. The molecule has 1 saturated heterocycles. The van der Waals surface area contributed by atoms with Crippen LogP contribution < -0.4 is 0 Å². The van der Waals surface area contributed by atoms with Crippen LogP contribution in [-0.4, -0.2) is 48.0 Å². The van der Waals surface area contributed by atoms with Crippen molar-refractivity contribution >= 4 is 15.6 Å². The van der Waals surface area contributed by atoms with Gasteiger partial charge in [0.1, 0.15) is 0 Å². The number of carbonyl (C=O) groups excluding carboxylic acids is 1. The molecule has 0 radical (unpaired) electrons. The van der Waals surface area contributed by atoms with E-state index < -0.39 is 9.84 Å². The third kappa shape index (κ3) is 4.89. The van der Waals surface area contributed by atoms with Crippen molar-refractivity contribution < 1.29 is 13.2 Å². The number of ketones is 1. The maximum atomic E-state index is 12.8. The molecule has 2 aromatic rings. The molecule has 0 N–H and O–H groups in total. The number of hydrogen-bond acceptors (Lipinski definition) is 5. The highest BCUT2D eigenvalue weighted by Crippen LogP contribution is 2.23. The maximum Gasteiger partial charge on any atom is 0.227 e. The van der Waals surface area contributed by atoms with Crippen molar-refractivity contribution in [1.82, 2.24) is 14.5 Å². The molecule has 0 amide bonds. The lowest BCUT2D eigenvalue weighted by Gasteiger charge is -2.32. The second-order valence-electron chi connectivity index (χ2n) is 8.11. The molecule has 0 spiro atoms.